The summed E-state index contributed by atoms with van der Waals surface area (Å²) >= 11 is 0. The molecular formula is C21H22N4O3. The Hall–Kier alpha value is -3.48. The first-order valence-electron chi connectivity index (χ1n) is 9.24. The molecule has 3 aromatic rings. The van der Waals surface area contributed by atoms with Crippen LogP contribution in [-0.2, 0) is 6.54 Å². The highest BCUT2D eigenvalue weighted by atomic mass is 16.2. The Labute approximate surface area is 162 Å². The number of hydrogen-bond donors (Lipinski definition) is 2. The Morgan fingerprint density at radius 1 is 1.00 bits per heavy atom. The fourth-order valence-corrected chi connectivity index (χ4v) is 2.89. The van der Waals surface area contributed by atoms with Gasteiger partial charge >= 0.3 is 0 Å². The van der Waals surface area contributed by atoms with Crippen LogP contribution in [0.15, 0.2) is 53.3 Å². The summed E-state index contributed by atoms with van der Waals surface area (Å²) in [5.41, 5.74) is 0.874. The summed E-state index contributed by atoms with van der Waals surface area (Å²) in [6.45, 7) is 4.72. The Morgan fingerprint density at radius 3 is 2.46 bits per heavy atom. The van der Waals surface area contributed by atoms with E-state index in [1.54, 1.807) is 55.5 Å². The first kappa shape index (κ1) is 19.3. The molecule has 7 nitrogen and oxygen atoms in total. The number of hydrogen-bond acceptors (Lipinski definition) is 4. The Balaban J connectivity index is 1.93. The van der Waals surface area contributed by atoms with Gasteiger partial charge in [0.25, 0.3) is 17.4 Å². The van der Waals surface area contributed by atoms with Crippen LogP contribution < -0.4 is 16.2 Å². The van der Waals surface area contributed by atoms with E-state index in [2.05, 4.69) is 15.7 Å². The van der Waals surface area contributed by atoms with Crippen molar-refractivity contribution in [2.45, 2.75) is 26.8 Å². The van der Waals surface area contributed by atoms with E-state index >= 15 is 0 Å². The summed E-state index contributed by atoms with van der Waals surface area (Å²) in [5.74, 6) is -0.634. The van der Waals surface area contributed by atoms with Crippen molar-refractivity contribution in [1.82, 2.24) is 15.1 Å². The molecule has 2 N–H and O–H groups in total. The summed E-state index contributed by atoms with van der Waals surface area (Å²) in [4.78, 5) is 37.4. The van der Waals surface area contributed by atoms with Gasteiger partial charge in [0.05, 0.1) is 5.39 Å². The lowest BCUT2D eigenvalue weighted by Gasteiger charge is -2.11. The van der Waals surface area contributed by atoms with Crippen LogP contribution in [0, 0.1) is 0 Å². The lowest BCUT2D eigenvalue weighted by atomic mass is 10.1. The number of nitrogens with zero attached hydrogens (tertiary/aromatic N) is 2. The lowest BCUT2D eigenvalue weighted by molar-refractivity contribution is 0.0952. The van der Waals surface area contributed by atoms with Gasteiger partial charge in [-0.2, -0.15) is 5.10 Å². The number of fused-ring (bicyclic) bond motifs is 1. The van der Waals surface area contributed by atoms with Crippen molar-refractivity contribution in [3.63, 3.8) is 0 Å². The molecule has 3 rings (SSSR count). The zero-order valence-corrected chi connectivity index (χ0v) is 15.9. The molecule has 0 fully saturated rings. The highest BCUT2D eigenvalue weighted by Gasteiger charge is 2.17. The van der Waals surface area contributed by atoms with E-state index in [0.717, 1.165) is 6.42 Å². The van der Waals surface area contributed by atoms with E-state index in [1.807, 2.05) is 6.92 Å². The summed E-state index contributed by atoms with van der Waals surface area (Å²) < 4.78 is 1.27. The zero-order valence-electron chi connectivity index (χ0n) is 15.9. The molecule has 0 aliphatic carbocycles. The van der Waals surface area contributed by atoms with Gasteiger partial charge in [-0.05, 0) is 37.6 Å². The van der Waals surface area contributed by atoms with Crippen LogP contribution in [-0.4, -0.2) is 28.1 Å². The molecule has 7 heteroatoms. The molecule has 0 bridgehead atoms. The predicted octanol–water partition coefficient (Wildman–Crippen LogP) is 2.81. The molecule has 0 atom stereocenters. The van der Waals surface area contributed by atoms with Gasteiger partial charge < -0.3 is 10.6 Å². The molecule has 0 aliphatic heterocycles. The molecular weight excluding hydrogens is 356 g/mol. The number of rotatable bonds is 6. The molecule has 2 aromatic carbocycles. The maximum Gasteiger partial charge on any atom is 0.276 e. The first-order valence-corrected chi connectivity index (χ1v) is 9.24. The number of nitrogens with one attached hydrogen (secondary N) is 2. The van der Waals surface area contributed by atoms with Crippen LogP contribution >= 0.6 is 0 Å². The lowest BCUT2D eigenvalue weighted by Crippen LogP contribution is -2.27. The average Bonchev–Trinajstić information content (AvgIpc) is 2.72. The number of anilines is 1. The minimum atomic E-state index is -0.440. The summed E-state index contributed by atoms with van der Waals surface area (Å²) in [6, 6.07) is 13.6. The van der Waals surface area contributed by atoms with Gasteiger partial charge in [0, 0.05) is 29.7 Å². The van der Waals surface area contributed by atoms with Crippen molar-refractivity contribution in [2.75, 3.05) is 11.9 Å². The van der Waals surface area contributed by atoms with Gasteiger partial charge in [0.1, 0.15) is 0 Å². The van der Waals surface area contributed by atoms with E-state index in [1.165, 1.54) is 4.68 Å². The SMILES string of the molecule is CCCNC(=O)c1cccc(NC(=O)c2nn(CC)c(=O)c3ccccc23)c1. The molecule has 28 heavy (non-hydrogen) atoms. The second-order valence-corrected chi connectivity index (χ2v) is 6.31. The highest BCUT2D eigenvalue weighted by molar-refractivity contribution is 6.11. The number of aryl methyl sites for hydroxylation is 1. The van der Waals surface area contributed by atoms with Gasteiger partial charge in [-0.3, -0.25) is 14.4 Å². The number of aromatic nitrogens is 2. The highest BCUT2D eigenvalue weighted by Crippen LogP contribution is 2.16. The van der Waals surface area contributed by atoms with Crippen molar-refractivity contribution in [1.29, 1.82) is 0 Å². The van der Waals surface area contributed by atoms with Crippen molar-refractivity contribution in [3.8, 4) is 0 Å². The molecule has 0 radical (unpaired) electrons. The molecule has 2 amide bonds. The van der Waals surface area contributed by atoms with Gasteiger partial charge in [0.15, 0.2) is 5.69 Å². The third-order valence-corrected chi connectivity index (χ3v) is 4.30. The molecule has 0 spiro atoms. The van der Waals surface area contributed by atoms with E-state index in [-0.39, 0.29) is 17.2 Å². The third-order valence-electron chi connectivity index (χ3n) is 4.30. The largest absolute Gasteiger partial charge is 0.352 e. The zero-order chi connectivity index (χ0) is 20.1. The Kier molecular flexibility index (Phi) is 5.84. The Morgan fingerprint density at radius 2 is 1.75 bits per heavy atom. The molecule has 0 saturated carbocycles. The third kappa shape index (κ3) is 3.93. The summed E-state index contributed by atoms with van der Waals surface area (Å²) in [5, 5.41) is 10.7. The number of benzene rings is 2. The fraction of sp³-hybridized carbons (Fsp3) is 0.238. The van der Waals surface area contributed by atoms with Crippen LogP contribution in [0.1, 0.15) is 41.1 Å². The normalized spacial score (nSPS) is 10.6. The van der Waals surface area contributed by atoms with Crippen molar-refractivity contribution in [2.24, 2.45) is 0 Å². The maximum atomic E-state index is 12.9. The quantitative estimate of drug-likeness (QED) is 0.690. The number of carbonyl (C=O) groups excluding carboxylic acids is 2. The van der Waals surface area contributed by atoms with Crippen LogP contribution in [0.4, 0.5) is 5.69 Å². The van der Waals surface area contributed by atoms with Crippen LogP contribution in [0.5, 0.6) is 0 Å². The number of carbonyl (C=O) groups is 2. The van der Waals surface area contributed by atoms with E-state index < -0.39 is 5.91 Å². The topological polar surface area (TPSA) is 93.1 Å². The maximum absolute atomic E-state index is 12.9. The minimum Gasteiger partial charge on any atom is -0.352 e. The van der Waals surface area contributed by atoms with Crippen molar-refractivity contribution >= 4 is 28.3 Å². The molecule has 1 heterocycles. The van der Waals surface area contributed by atoms with Gasteiger partial charge in [-0.25, -0.2) is 4.68 Å². The monoisotopic (exact) mass is 378 g/mol. The van der Waals surface area contributed by atoms with E-state index in [4.69, 9.17) is 0 Å². The molecule has 0 saturated heterocycles. The molecule has 1 aromatic heterocycles. The number of amides is 2. The van der Waals surface area contributed by atoms with Crippen LogP contribution in [0.2, 0.25) is 0 Å². The minimum absolute atomic E-state index is 0.165. The fourth-order valence-electron chi connectivity index (χ4n) is 2.89. The van der Waals surface area contributed by atoms with Gasteiger partial charge in [0.2, 0.25) is 0 Å². The smallest absolute Gasteiger partial charge is 0.276 e. The first-order chi connectivity index (χ1) is 13.5. The Bertz CT molecular complexity index is 1090. The molecule has 144 valence electrons. The summed E-state index contributed by atoms with van der Waals surface area (Å²) in [7, 11) is 0. The van der Waals surface area contributed by atoms with Crippen LogP contribution in [0.25, 0.3) is 10.8 Å². The van der Waals surface area contributed by atoms with Crippen LogP contribution in [0.3, 0.4) is 0 Å². The van der Waals surface area contributed by atoms with Crippen molar-refractivity contribution in [3.05, 3.63) is 70.1 Å². The van der Waals surface area contributed by atoms with Gasteiger partial charge in [-0.15, -0.1) is 0 Å². The molecule has 0 aliphatic rings. The second-order valence-electron chi connectivity index (χ2n) is 6.31. The van der Waals surface area contributed by atoms with Gasteiger partial charge in [-0.1, -0.05) is 31.2 Å². The summed E-state index contributed by atoms with van der Waals surface area (Å²) in [6.07, 6.45) is 0.841. The second kappa shape index (κ2) is 8.47. The standard InChI is InChI=1S/C21H22N4O3/c1-3-12-22-19(26)14-8-7-9-15(13-14)23-20(27)18-16-10-5-6-11-17(16)21(28)25(4-2)24-18/h5-11,13H,3-4,12H2,1-2H3,(H,22,26)(H,23,27). The predicted molar refractivity (Wildman–Crippen MR) is 109 cm³/mol. The molecule has 0 unspecified atom stereocenters. The van der Waals surface area contributed by atoms with E-state index in [9.17, 15) is 14.4 Å². The van der Waals surface area contributed by atoms with Crippen molar-refractivity contribution < 1.29 is 9.59 Å². The average molecular weight is 378 g/mol. The van der Waals surface area contributed by atoms with E-state index in [0.29, 0.717) is 35.1 Å².